The number of ether oxygens (including phenoxy) is 3. The van der Waals surface area contributed by atoms with Crippen LogP contribution in [-0.2, 0) is 0 Å². The molecular formula is C28H19NO5. The van der Waals surface area contributed by atoms with Crippen molar-refractivity contribution in [3.63, 3.8) is 0 Å². The maximum Gasteiger partial charge on any atom is 0.379 e. The van der Waals surface area contributed by atoms with Gasteiger partial charge in [0.15, 0.2) is 11.5 Å². The van der Waals surface area contributed by atoms with E-state index in [2.05, 4.69) is 12.1 Å². The standard InChI is InChI=1S/C28H19NO5/c1-31-25-14-20-19-13-17(34-28(30)24-8-5-11-33-24)9-10-18(19)27-22(21(20)15-26(25)32-2)12-16-6-3-4-7-23(16)29-27/h3-15H,1-2H3. The first kappa shape index (κ1) is 20.1. The summed E-state index contributed by atoms with van der Waals surface area (Å²) in [5, 5.41) is 5.78. The average Bonchev–Trinajstić information content (AvgIpc) is 3.42. The van der Waals surface area contributed by atoms with E-state index < -0.39 is 5.97 Å². The Morgan fingerprint density at radius 2 is 1.50 bits per heavy atom. The molecule has 4 aromatic carbocycles. The van der Waals surface area contributed by atoms with Gasteiger partial charge in [-0.2, -0.15) is 0 Å². The molecule has 0 amide bonds. The Labute approximate surface area is 194 Å². The van der Waals surface area contributed by atoms with Crippen molar-refractivity contribution < 1.29 is 23.4 Å². The Bertz CT molecular complexity index is 1720. The van der Waals surface area contributed by atoms with Gasteiger partial charge in [-0.15, -0.1) is 0 Å². The van der Waals surface area contributed by atoms with Crippen LogP contribution < -0.4 is 14.2 Å². The maximum atomic E-state index is 12.5. The fraction of sp³-hybridized carbons (Fsp3) is 0.0714. The third-order valence-electron chi connectivity index (χ3n) is 6.01. The number of furan rings is 1. The Morgan fingerprint density at radius 1 is 0.765 bits per heavy atom. The Morgan fingerprint density at radius 3 is 2.24 bits per heavy atom. The van der Waals surface area contributed by atoms with Gasteiger partial charge < -0.3 is 18.6 Å². The van der Waals surface area contributed by atoms with E-state index >= 15 is 0 Å². The number of fused-ring (bicyclic) bond motifs is 7. The number of para-hydroxylation sites is 1. The number of benzene rings is 4. The fourth-order valence-electron chi connectivity index (χ4n) is 4.42. The van der Waals surface area contributed by atoms with Crippen LogP contribution >= 0.6 is 0 Å². The van der Waals surface area contributed by atoms with Crippen LogP contribution in [0.3, 0.4) is 0 Å². The molecule has 0 aliphatic heterocycles. The molecule has 6 heteroatoms. The second-order valence-corrected chi connectivity index (χ2v) is 7.90. The minimum Gasteiger partial charge on any atom is -0.493 e. The minimum absolute atomic E-state index is 0.142. The van der Waals surface area contributed by atoms with Crippen LogP contribution in [0.4, 0.5) is 0 Å². The van der Waals surface area contributed by atoms with E-state index in [1.807, 2.05) is 42.5 Å². The van der Waals surface area contributed by atoms with Crippen LogP contribution in [0, 0.1) is 0 Å². The van der Waals surface area contributed by atoms with E-state index in [1.54, 1.807) is 32.4 Å². The number of nitrogens with zero attached hydrogens (tertiary/aromatic N) is 1. The Hall–Kier alpha value is -4.58. The first-order valence-corrected chi connectivity index (χ1v) is 10.7. The van der Waals surface area contributed by atoms with Gasteiger partial charge in [0.25, 0.3) is 0 Å². The Kier molecular flexibility index (Phi) is 4.59. The predicted octanol–water partition coefficient (Wildman–Crippen LogP) is 6.52. The number of esters is 1. The molecule has 6 aromatic rings. The molecule has 0 atom stereocenters. The first-order chi connectivity index (χ1) is 16.7. The second kappa shape index (κ2) is 7.78. The molecule has 0 N–H and O–H groups in total. The topological polar surface area (TPSA) is 70.8 Å². The van der Waals surface area contributed by atoms with E-state index in [4.69, 9.17) is 23.6 Å². The molecule has 6 rings (SSSR count). The summed E-state index contributed by atoms with van der Waals surface area (Å²) < 4.78 is 21.9. The molecule has 0 aliphatic rings. The summed E-state index contributed by atoms with van der Waals surface area (Å²) in [4.78, 5) is 17.4. The highest BCUT2D eigenvalue weighted by Gasteiger charge is 2.17. The molecule has 6 nitrogen and oxygen atoms in total. The number of pyridine rings is 1. The number of carbonyl (C=O) groups is 1. The van der Waals surface area contributed by atoms with E-state index in [1.165, 1.54) is 6.26 Å². The number of rotatable bonds is 4. The van der Waals surface area contributed by atoms with Gasteiger partial charge in [-0.25, -0.2) is 9.78 Å². The Balaban J connectivity index is 1.68. The number of carbonyl (C=O) groups excluding carboxylic acids is 1. The summed E-state index contributed by atoms with van der Waals surface area (Å²) in [6.45, 7) is 0. The van der Waals surface area contributed by atoms with Gasteiger partial charge in [0.05, 0.1) is 31.5 Å². The lowest BCUT2D eigenvalue weighted by Gasteiger charge is -2.15. The number of hydrogen-bond donors (Lipinski definition) is 0. The van der Waals surface area contributed by atoms with Gasteiger partial charge in [0, 0.05) is 16.2 Å². The van der Waals surface area contributed by atoms with E-state index in [9.17, 15) is 4.79 Å². The lowest BCUT2D eigenvalue weighted by Crippen LogP contribution is -2.07. The number of aromatic nitrogens is 1. The molecule has 0 unspecified atom stereocenters. The first-order valence-electron chi connectivity index (χ1n) is 10.7. The SMILES string of the molecule is COc1cc2c3cc(OC(=O)c4ccco4)ccc3c3nc4ccccc4cc3c2cc1OC. The maximum absolute atomic E-state index is 12.5. The highest BCUT2D eigenvalue weighted by atomic mass is 16.5. The van der Waals surface area contributed by atoms with Crippen molar-refractivity contribution in [1.82, 2.24) is 4.98 Å². The van der Waals surface area contributed by atoms with Crippen molar-refractivity contribution in [1.29, 1.82) is 0 Å². The number of hydrogen-bond acceptors (Lipinski definition) is 6. The molecule has 0 fully saturated rings. The minimum atomic E-state index is -0.558. The highest BCUT2D eigenvalue weighted by Crippen LogP contribution is 2.42. The zero-order chi connectivity index (χ0) is 23.2. The summed E-state index contributed by atoms with van der Waals surface area (Å²) in [5.41, 5.74) is 1.77. The highest BCUT2D eigenvalue weighted by molar-refractivity contribution is 6.26. The van der Waals surface area contributed by atoms with Gasteiger partial charge in [-0.3, -0.25) is 0 Å². The smallest absolute Gasteiger partial charge is 0.379 e. The van der Waals surface area contributed by atoms with Crippen LogP contribution in [0.2, 0.25) is 0 Å². The quantitative estimate of drug-likeness (QED) is 0.132. The van der Waals surface area contributed by atoms with Gasteiger partial charge >= 0.3 is 5.97 Å². The summed E-state index contributed by atoms with van der Waals surface area (Å²) in [6, 6.07) is 22.9. The fourth-order valence-corrected chi connectivity index (χ4v) is 4.42. The summed E-state index contributed by atoms with van der Waals surface area (Å²) >= 11 is 0. The monoisotopic (exact) mass is 449 g/mol. The van der Waals surface area contributed by atoms with Crippen LogP contribution in [0.15, 0.2) is 83.5 Å². The lowest BCUT2D eigenvalue weighted by atomic mass is 9.95. The molecular weight excluding hydrogens is 430 g/mol. The van der Waals surface area contributed by atoms with Crippen molar-refractivity contribution >= 4 is 49.3 Å². The molecule has 0 radical (unpaired) electrons. The van der Waals surface area contributed by atoms with Gasteiger partial charge in [-0.1, -0.05) is 18.2 Å². The summed E-state index contributed by atoms with van der Waals surface area (Å²) in [7, 11) is 3.23. The lowest BCUT2D eigenvalue weighted by molar-refractivity contribution is 0.0701. The van der Waals surface area contributed by atoms with E-state index in [0.29, 0.717) is 17.2 Å². The van der Waals surface area contributed by atoms with Gasteiger partial charge in [-0.05, 0) is 70.8 Å². The van der Waals surface area contributed by atoms with Gasteiger partial charge in [0.2, 0.25) is 5.76 Å². The van der Waals surface area contributed by atoms with Crippen LogP contribution in [-0.4, -0.2) is 25.2 Å². The van der Waals surface area contributed by atoms with Crippen molar-refractivity contribution in [2.45, 2.75) is 0 Å². The normalized spacial score (nSPS) is 11.4. The second-order valence-electron chi connectivity index (χ2n) is 7.90. The van der Waals surface area contributed by atoms with Crippen molar-refractivity contribution in [3.05, 3.63) is 84.8 Å². The molecule has 34 heavy (non-hydrogen) atoms. The van der Waals surface area contributed by atoms with E-state index in [0.717, 1.165) is 43.4 Å². The summed E-state index contributed by atoms with van der Waals surface area (Å²) in [5.74, 6) is 1.23. The predicted molar refractivity (Wildman–Crippen MR) is 131 cm³/mol. The third-order valence-corrected chi connectivity index (χ3v) is 6.01. The molecule has 2 aromatic heterocycles. The van der Waals surface area contributed by atoms with Gasteiger partial charge in [0.1, 0.15) is 5.75 Å². The summed E-state index contributed by atoms with van der Waals surface area (Å²) in [6.07, 6.45) is 1.44. The third kappa shape index (κ3) is 3.11. The van der Waals surface area contributed by atoms with Crippen molar-refractivity contribution in [2.24, 2.45) is 0 Å². The van der Waals surface area contributed by atoms with Crippen LogP contribution in [0.1, 0.15) is 10.6 Å². The van der Waals surface area contributed by atoms with Crippen LogP contribution in [0.5, 0.6) is 17.2 Å². The molecule has 0 bridgehead atoms. The molecule has 166 valence electrons. The molecule has 0 saturated heterocycles. The molecule has 0 spiro atoms. The zero-order valence-electron chi connectivity index (χ0n) is 18.5. The molecule has 2 heterocycles. The molecule has 0 saturated carbocycles. The average molecular weight is 449 g/mol. The largest absolute Gasteiger partial charge is 0.493 e. The van der Waals surface area contributed by atoms with E-state index in [-0.39, 0.29) is 5.76 Å². The van der Waals surface area contributed by atoms with Crippen molar-refractivity contribution in [3.8, 4) is 17.2 Å². The van der Waals surface area contributed by atoms with Crippen LogP contribution in [0.25, 0.3) is 43.4 Å². The van der Waals surface area contributed by atoms with Crippen molar-refractivity contribution in [2.75, 3.05) is 14.2 Å². The number of methoxy groups -OCH3 is 2. The zero-order valence-corrected chi connectivity index (χ0v) is 18.5. The molecule has 0 aliphatic carbocycles.